The van der Waals surface area contributed by atoms with Crippen LogP contribution < -0.4 is 14.8 Å². The lowest BCUT2D eigenvalue weighted by Crippen LogP contribution is -2.32. The van der Waals surface area contributed by atoms with E-state index in [1.807, 2.05) is 55.5 Å². The number of amides is 1. The Morgan fingerprint density at radius 2 is 1.52 bits per heavy atom. The maximum Gasteiger partial charge on any atom is 0.265 e. The third-order valence-corrected chi connectivity index (χ3v) is 6.14. The molecule has 0 saturated carbocycles. The summed E-state index contributed by atoms with van der Waals surface area (Å²) in [6, 6.07) is 24.9. The molecule has 2 N–H and O–H groups in total. The SMILES string of the molecule is CC[C@H](Oc1ccccc1)C(=O)Nc1ccc(S(=O)(=O)NCCc2ccccc2)cc1. The Kier molecular flexibility index (Phi) is 7.81. The van der Waals surface area contributed by atoms with Crippen molar-refractivity contribution in [3.05, 3.63) is 90.5 Å². The largest absolute Gasteiger partial charge is 0.481 e. The molecule has 6 nitrogen and oxygen atoms in total. The molecule has 0 saturated heterocycles. The van der Waals surface area contributed by atoms with Crippen LogP contribution in [-0.4, -0.2) is 27.0 Å². The highest BCUT2D eigenvalue weighted by molar-refractivity contribution is 7.89. The molecule has 0 radical (unpaired) electrons. The molecule has 3 aromatic carbocycles. The topological polar surface area (TPSA) is 84.5 Å². The number of sulfonamides is 1. The molecular weight excluding hydrogens is 412 g/mol. The van der Waals surface area contributed by atoms with Gasteiger partial charge in [0.25, 0.3) is 5.91 Å². The summed E-state index contributed by atoms with van der Waals surface area (Å²) in [5, 5.41) is 2.78. The van der Waals surface area contributed by atoms with Crippen molar-refractivity contribution < 1.29 is 17.9 Å². The smallest absolute Gasteiger partial charge is 0.265 e. The number of para-hydroxylation sites is 1. The molecule has 1 amide bonds. The number of carbonyl (C=O) groups excluding carboxylic acids is 1. The number of benzene rings is 3. The van der Waals surface area contributed by atoms with E-state index in [0.29, 0.717) is 30.8 Å². The van der Waals surface area contributed by atoms with Crippen molar-refractivity contribution in [1.82, 2.24) is 4.72 Å². The van der Waals surface area contributed by atoms with E-state index in [1.54, 1.807) is 24.3 Å². The quantitative estimate of drug-likeness (QED) is 0.501. The maximum absolute atomic E-state index is 12.5. The predicted molar refractivity (Wildman–Crippen MR) is 122 cm³/mol. The molecule has 31 heavy (non-hydrogen) atoms. The molecule has 0 fully saturated rings. The van der Waals surface area contributed by atoms with E-state index in [1.165, 1.54) is 12.1 Å². The van der Waals surface area contributed by atoms with Crippen molar-refractivity contribution >= 4 is 21.6 Å². The molecule has 0 heterocycles. The van der Waals surface area contributed by atoms with Gasteiger partial charge in [-0.3, -0.25) is 4.79 Å². The Morgan fingerprint density at radius 1 is 0.903 bits per heavy atom. The average Bonchev–Trinajstić information content (AvgIpc) is 2.79. The lowest BCUT2D eigenvalue weighted by molar-refractivity contribution is -0.122. The molecule has 0 aliphatic heterocycles. The summed E-state index contributed by atoms with van der Waals surface area (Å²) in [6.45, 7) is 2.17. The normalized spacial score (nSPS) is 12.2. The standard InChI is InChI=1S/C24H26N2O4S/c1-2-23(30-21-11-7-4-8-12-21)24(27)26-20-13-15-22(16-14-20)31(28,29)25-18-17-19-9-5-3-6-10-19/h3-16,23,25H,2,17-18H2,1H3,(H,26,27)/t23-/m0/s1. The zero-order chi connectivity index (χ0) is 22.1. The van der Waals surface area contributed by atoms with Crippen LogP contribution in [-0.2, 0) is 21.2 Å². The molecule has 1 atom stereocenters. The Labute approximate surface area is 183 Å². The van der Waals surface area contributed by atoms with E-state index in [9.17, 15) is 13.2 Å². The first kappa shape index (κ1) is 22.5. The van der Waals surface area contributed by atoms with Crippen molar-refractivity contribution in [2.75, 3.05) is 11.9 Å². The van der Waals surface area contributed by atoms with Gasteiger partial charge in [-0.2, -0.15) is 0 Å². The van der Waals surface area contributed by atoms with Gasteiger partial charge in [0.15, 0.2) is 6.10 Å². The third-order valence-electron chi connectivity index (χ3n) is 4.67. The number of rotatable bonds is 10. The van der Waals surface area contributed by atoms with E-state index >= 15 is 0 Å². The Balaban J connectivity index is 1.56. The van der Waals surface area contributed by atoms with Crippen LogP contribution in [0.25, 0.3) is 0 Å². The highest BCUT2D eigenvalue weighted by Crippen LogP contribution is 2.17. The van der Waals surface area contributed by atoms with Crippen LogP contribution in [0.2, 0.25) is 0 Å². The van der Waals surface area contributed by atoms with Gasteiger partial charge in [0.05, 0.1) is 4.90 Å². The highest BCUT2D eigenvalue weighted by Gasteiger charge is 2.19. The van der Waals surface area contributed by atoms with Gasteiger partial charge < -0.3 is 10.1 Å². The van der Waals surface area contributed by atoms with Gasteiger partial charge in [0.2, 0.25) is 10.0 Å². The van der Waals surface area contributed by atoms with Crippen molar-refractivity contribution in [1.29, 1.82) is 0 Å². The second-order valence-corrected chi connectivity index (χ2v) is 8.74. The molecule has 0 aliphatic rings. The van der Waals surface area contributed by atoms with Gasteiger partial charge in [-0.15, -0.1) is 0 Å². The molecule has 7 heteroatoms. The summed E-state index contributed by atoms with van der Waals surface area (Å²) < 4.78 is 33.3. The molecular formula is C24H26N2O4S. The van der Waals surface area contributed by atoms with E-state index in [2.05, 4.69) is 10.0 Å². The molecule has 3 aromatic rings. The molecule has 0 bridgehead atoms. The summed E-state index contributed by atoms with van der Waals surface area (Å²) in [6.07, 6.45) is 0.456. The lowest BCUT2D eigenvalue weighted by atomic mass is 10.2. The van der Waals surface area contributed by atoms with E-state index in [-0.39, 0.29) is 10.8 Å². The summed E-state index contributed by atoms with van der Waals surface area (Å²) >= 11 is 0. The Morgan fingerprint density at radius 3 is 2.13 bits per heavy atom. The van der Waals surface area contributed by atoms with Crippen LogP contribution in [0.5, 0.6) is 5.75 Å². The van der Waals surface area contributed by atoms with Crippen molar-refractivity contribution in [3.63, 3.8) is 0 Å². The van der Waals surface area contributed by atoms with Crippen LogP contribution >= 0.6 is 0 Å². The zero-order valence-corrected chi connectivity index (χ0v) is 18.1. The minimum absolute atomic E-state index is 0.145. The van der Waals surface area contributed by atoms with Gasteiger partial charge in [0.1, 0.15) is 5.75 Å². The average molecular weight is 439 g/mol. The monoisotopic (exact) mass is 438 g/mol. The van der Waals surface area contributed by atoms with Crippen LogP contribution in [0.1, 0.15) is 18.9 Å². The molecule has 3 rings (SSSR count). The van der Waals surface area contributed by atoms with E-state index < -0.39 is 16.1 Å². The van der Waals surface area contributed by atoms with Crippen molar-refractivity contribution in [3.8, 4) is 5.75 Å². The summed E-state index contributed by atoms with van der Waals surface area (Å²) in [7, 11) is -3.62. The lowest BCUT2D eigenvalue weighted by Gasteiger charge is -2.17. The maximum atomic E-state index is 12.5. The Bertz CT molecular complexity index is 1070. The number of hydrogen-bond acceptors (Lipinski definition) is 4. The fraction of sp³-hybridized carbons (Fsp3) is 0.208. The fourth-order valence-electron chi connectivity index (χ4n) is 2.98. The van der Waals surface area contributed by atoms with Gasteiger partial charge in [-0.25, -0.2) is 13.1 Å². The number of anilines is 1. The molecule has 162 valence electrons. The first-order valence-corrected chi connectivity index (χ1v) is 11.6. The van der Waals surface area contributed by atoms with Crippen molar-refractivity contribution in [2.24, 2.45) is 0 Å². The number of ether oxygens (including phenoxy) is 1. The number of carbonyl (C=O) groups is 1. The molecule has 0 unspecified atom stereocenters. The predicted octanol–water partition coefficient (Wildman–Crippen LogP) is 4.00. The summed E-state index contributed by atoms with van der Waals surface area (Å²) in [5.41, 5.74) is 1.56. The summed E-state index contributed by atoms with van der Waals surface area (Å²) in [4.78, 5) is 12.7. The number of nitrogens with one attached hydrogen (secondary N) is 2. The highest BCUT2D eigenvalue weighted by atomic mass is 32.2. The molecule has 0 aromatic heterocycles. The molecule has 0 aliphatic carbocycles. The minimum Gasteiger partial charge on any atom is -0.481 e. The Hall–Kier alpha value is -3.16. The zero-order valence-electron chi connectivity index (χ0n) is 17.3. The van der Waals surface area contributed by atoms with Gasteiger partial charge >= 0.3 is 0 Å². The van der Waals surface area contributed by atoms with Gasteiger partial charge in [-0.1, -0.05) is 55.5 Å². The van der Waals surface area contributed by atoms with Crippen LogP contribution in [0.3, 0.4) is 0 Å². The second-order valence-electron chi connectivity index (χ2n) is 6.97. The minimum atomic E-state index is -3.62. The van der Waals surface area contributed by atoms with Crippen LogP contribution in [0.4, 0.5) is 5.69 Å². The summed E-state index contributed by atoms with van der Waals surface area (Å²) in [5.74, 6) is 0.329. The number of hydrogen-bond donors (Lipinski definition) is 2. The van der Waals surface area contributed by atoms with E-state index in [4.69, 9.17) is 4.74 Å². The van der Waals surface area contributed by atoms with E-state index in [0.717, 1.165) is 5.56 Å². The van der Waals surface area contributed by atoms with Crippen LogP contribution in [0.15, 0.2) is 89.8 Å². The molecule has 0 spiro atoms. The fourth-order valence-corrected chi connectivity index (χ4v) is 4.02. The first-order valence-electron chi connectivity index (χ1n) is 10.1. The van der Waals surface area contributed by atoms with Gasteiger partial charge in [-0.05, 0) is 54.8 Å². The van der Waals surface area contributed by atoms with Crippen LogP contribution in [0, 0.1) is 0 Å². The third kappa shape index (κ3) is 6.67. The van der Waals surface area contributed by atoms with Gasteiger partial charge in [0, 0.05) is 12.2 Å². The van der Waals surface area contributed by atoms with Crippen molar-refractivity contribution in [2.45, 2.75) is 30.8 Å². The first-order chi connectivity index (χ1) is 15.0. The second kappa shape index (κ2) is 10.7.